The van der Waals surface area contributed by atoms with Gasteiger partial charge in [-0.15, -0.1) is 0 Å². The minimum atomic E-state index is -4.43. The monoisotopic (exact) mass is 419 g/mol. The van der Waals surface area contributed by atoms with Crippen LogP contribution >= 0.6 is 11.6 Å². The molecule has 29 heavy (non-hydrogen) atoms. The lowest BCUT2D eigenvalue weighted by Crippen LogP contribution is -2.33. The van der Waals surface area contributed by atoms with Gasteiger partial charge in [-0.25, -0.2) is 0 Å². The van der Waals surface area contributed by atoms with E-state index in [1.54, 1.807) is 0 Å². The van der Waals surface area contributed by atoms with Crippen LogP contribution in [0, 0.1) is 0 Å². The number of aromatic nitrogens is 1. The molecule has 3 nitrogen and oxygen atoms in total. The Morgan fingerprint density at radius 2 is 1.83 bits per heavy atom. The van der Waals surface area contributed by atoms with Crippen LogP contribution in [0.4, 0.5) is 13.2 Å². The molecule has 0 aliphatic carbocycles. The Kier molecular flexibility index (Phi) is 5.76. The summed E-state index contributed by atoms with van der Waals surface area (Å²) in [7, 11) is 0. The van der Waals surface area contributed by atoms with E-state index in [0.717, 1.165) is 43.0 Å². The molecule has 3 aromatic rings. The van der Waals surface area contributed by atoms with Crippen LogP contribution in [-0.4, -0.2) is 36.1 Å². The Hall–Kier alpha value is -2.15. The van der Waals surface area contributed by atoms with Crippen molar-refractivity contribution in [2.45, 2.75) is 18.6 Å². The summed E-state index contributed by atoms with van der Waals surface area (Å²) >= 11 is 6.43. The van der Waals surface area contributed by atoms with E-state index in [4.69, 9.17) is 16.6 Å². The van der Waals surface area contributed by atoms with Crippen molar-refractivity contribution in [3.63, 3.8) is 0 Å². The van der Waals surface area contributed by atoms with Gasteiger partial charge in [0, 0.05) is 30.0 Å². The molecule has 1 unspecified atom stereocenters. The Bertz CT molecular complexity index is 998. The number of nitrogens with zero attached hydrogens (tertiary/aromatic N) is 2. The summed E-state index contributed by atoms with van der Waals surface area (Å²) in [6, 6.07) is 14.7. The van der Waals surface area contributed by atoms with Crippen LogP contribution in [0.3, 0.4) is 0 Å². The fourth-order valence-corrected chi connectivity index (χ4v) is 4.05. The van der Waals surface area contributed by atoms with Gasteiger partial charge in [-0.3, -0.25) is 9.88 Å². The quantitative estimate of drug-likeness (QED) is 0.625. The number of alkyl halides is 3. The molecule has 7 heteroatoms. The van der Waals surface area contributed by atoms with E-state index in [9.17, 15) is 13.2 Å². The summed E-state index contributed by atoms with van der Waals surface area (Å²) in [5.74, 6) is 0. The average Bonchev–Trinajstić information content (AvgIpc) is 2.98. The van der Waals surface area contributed by atoms with Crippen LogP contribution in [0.25, 0.3) is 10.9 Å². The molecule has 4 rings (SSSR count). The number of nitrogens with one attached hydrogen (secondary N) is 1. The number of hydrogen-bond acceptors (Lipinski definition) is 3. The second-order valence-electron chi connectivity index (χ2n) is 7.20. The Morgan fingerprint density at radius 1 is 1.00 bits per heavy atom. The lowest BCUT2D eigenvalue weighted by Gasteiger charge is -2.31. The third-order valence-electron chi connectivity index (χ3n) is 5.26. The van der Waals surface area contributed by atoms with Crippen LogP contribution in [-0.2, 0) is 6.18 Å². The van der Waals surface area contributed by atoms with Crippen molar-refractivity contribution in [3.05, 3.63) is 76.4 Å². The number of pyridine rings is 1. The van der Waals surface area contributed by atoms with E-state index in [1.807, 2.05) is 36.4 Å². The average molecular weight is 420 g/mol. The lowest BCUT2D eigenvalue weighted by molar-refractivity contribution is -0.137. The molecule has 0 bridgehead atoms. The van der Waals surface area contributed by atoms with Crippen molar-refractivity contribution >= 4 is 22.5 Å². The first-order valence-corrected chi connectivity index (χ1v) is 9.98. The fraction of sp³-hybridized carbons (Fsp3) is 0.318. The molecular formula is C22H21ClF3N3. The molecule has 152 valence electrons. The minimum absolute atomic E-state index is 0.315. The van der Waals surface area contributed by atoms with E-state index in [1.165, 1.54) is 12.1 Å². The molecule has 0 spiro atoms. The Labute approximate surface area is 172 Å². The first kappa shape index (κ1) is 20.1. The third kappa shape index (κ3) is 4.39. The van der Waals surface area contributed by atoms with Crippen molar-refractivity contribution < 1.29 is 13.2 Å². The molecule has 0 saturated carbocycles. The van der Waals surface area contributed by atoms with Crippen molar-refractivity contribution in [1.29, 1.82) is 0 Å². The van der Waals surface area contributed by atoms with Crippen molar-refractivity contribution in [2.75, 3.05) is 26.2 Å². The SMILES string of the molecule is FC(F)(F)c1ccc(Cl)c(C(c2ccc3ccccc3n2)N2CCCNCC2)c1. The zero-order valence-corrected chi connectivity index (χ0v) is 16.5. The highest BCUT2D eigenvalue weighted by Crippen LogP contribution is 2.38. The summed E-state index contributed by atoms with van der Waals surface area (Å²) in [6.07, 6.45) is -3.53. The van der Waals surface area contributed by atoms with E-state index >= 15 is 0 Å². The van der Waals surface area contributed by atoms with Crippen molar-refractivity contribution in [2.24, 2.45) is 0 Å². The largest absolute Gasteiger partial charge is 0.416 e. The maximum atomic E-state index is 13.4. The van der Waals surface area contributed by atoms with Crippen molar-refractivity contribution in [1.82, 2.24) is 15.2 Å². The molecule has 1 fully saturated rings. The molecule has 1 aliphatic heterocycles. The number of fused-ring (bicyclic) bond motifs is 1. The van der Waals surface area contributed by atoms with Gasteiger partial charge in [-0.2, -0.15) is 13.2 Å². The normalized spacial score (nSPS) is 17.2. The predicted molar refractivity (Wildman–Crippen MR) is 109 cm³/mol. The predicted octanol–water partition coefficient (Wildman–Crippen LogP) is 5.29. The van der Waals surface area contributed by atoms with Gasteiger partial charge < -0.3 is 5.32 Å². The highest BCUT2D eigenvalue weighted by molar-refractivity contribution is 6.31. The number of hydrogen-bond donors (Lipinski definition) is 1. The molecule has 0 radical (unpaired) electrons. The van der Waals surface area contributed by atoms with E-state index in [2.05, 4.69) is 10.2 Å². The number of para-hydroxylation sites is 1. The van der Waals surface area contributed by atoms with Gasteiger partial charge in [-0.1, -0.05) is 35.9 Å². The van der Waals surface area contributed by atoms with Gasteiger partial charge in [0.25, 0.3) is 0 Å². The molecular weight excluding hydrogens is 399 g/mol. The molecule has 2 aromatic carbocycles. The van der Waals surface area contributed by atoms with Gasteiger partial charge >= 0.3 is 6.18 Å². The van der Waals surface area contributed by atoms with E-state index < -0.39 is 17.8 Å². The number of benzene rings is 2. The van der Waals surface area contributed by atoms with Crippen molar-refractivity contribution in [3.8, 4) is 0 Å². The van der Waals surface area contributed by atoms with Gasteiger partial charge in [0.15, 0.2) is 0 Å². The molecule has 0 amide bonds. The fourth-order valence-electron chi connectivity index (χ4n) is 3.83. The van der Waals surface area contributed by atoms with Crippen LogP contribution in [0.2, 0.25) is 5.02 Å². The van der Waals surface area contributed by atoms with E-state index in [0.29, 0.717) is 22.8 Å². The number of rotatable bonds is 3. The van der Waals surface area contributed by atoms with Crippen LogP contribution < -0.4 is 5.32 Å². The standard InChI is InChI=1S/C22H21ClF3N3/c23-18-8-7-16(22(24,25)26)14-17(18)21(29-12-3-10-27-11-13-29)20-9-6-15-4-1-2-5-19(15)28-20/h1-2,4-9,14,21,27H,3,10-13H2. The van der Waals surface area contributed by atoms with Crippen LogP contribution in [0.1, 0.15) is 29.3 Å². The maximum Gasteiger partial charge on any atom is 0.416 e. The highest BCUT2D eigenvalue weighted by atomic mass is 35.5. The van der Waals surface area contributed by atoms with Gasteiger partial charge in [0.2, 0.25) is 0 Å². The smallest absolute Gasteiger partial charge is 0.315 e. The molecule has 1 aliphatic rings. The molecule has 1 atom stereocenters. The Balaban J connectivity index is 1.86. The van der Waals surface area contributed by atoms with Crippen LogP contribution in [0.5, 0.6) is 0 Å². The number of halogens is 4. The first-order valence-electron chi connectivity index (χ1n) is 9.60. The summed E-state index contributed by atoms with van der Waals surface area (Å²) in [5.41, 5.74) is 1.25. The zero-order chi connectivity index (χ0) is 20.4. The molecule has 1 saturated heterocycles. The third-order valence-corrected chi connectivity index (χ3v) is 5.60. The summed E-state index contributed by atoms with van der Waals surface area (Å²) < 4.78 is 40.2. The summed E-state index contributed by atoms with van der Waals surface area (Å²) in [6.45, 7) is 3.09. The van der Waals surface area contributed by atoms with Crippen LogP contribution in [0.15, 0.2) is 54.6 Å². The summed E-state index contributed by atoms with van der Waals surface area (Å²) in [4.78, 5) is 6.95. The molecule has 2 heterocycles. The first-order chi connectivity index (χ1) is 13.9. The lowest BCUT2D eigenvalue weighted by atomic mass is 9.97. The van der Waals surface area contributed by atoms with Gasteiger partial charge in [-0.05, 0) is 48.9 Å². The van der Waals surface area contributed by atoms with E-state index in [-0.39, 0.29) is 0 Å². The van der Waals surface area contributed by atoms with Gasteiger partial charge in [0.05, 0.1) is 22.8 Å². The van der Waals surface area contributed by atoms with Gasteiger partial charge in [0.1, 0.15) is 0 Å². The molecule has 1 N–H and O–H groups in total. The second kappa shape index (κ2) is 8.30. The topological polar surface area (TPSA) is 28.2 Å². The Morgan fingerprint density at radius 3 is 2.66 bits per heavy atom. The minimum Gasteiger partial charge on any atom is -0.315 e. The maximum absolute atomic E-state index is 13.4. The highest BCUT2D eigenvalue weighted by Gasteiger charge is 2.33. The summed E-state index contributed by atoms with van der Waals surface area (Å²) in [5, 5.41) is 4.64. The molecule has 1 aromatic heterocycles. The zero-order valence-electron chi connectivity index (χ0n) is 15.7. The second-order valence-corrected chi connectivity index (χ2v) is 7.61.